The van der Waals surface area contributed by atoms with E-state index in [0.29, 0.717) is 6.42 Å². The van der Waals surface area contributed by atoms with Gasteiger partial charge in [-0.1, -0.05) is 13.8 Å². The number of nitrogens with one attached hydrogen (secondary N) is 2. The third kappa shape index (κ3) is 4.73. The number of carbonyl (C=O) groups is 2. The van der Waals surface area contributed by atoms with Gasteiger partial charge in [0.1, 0.15) is 5.54 Å². The van der Waals surface area contributed by atoms with Crippen LogP contribution in [0.3, 0.4) is 0 Å². The number of hydrogen-bond donors (Lipinski definition) is 3. The predicted octanol–water partition coefficient (Wildman–Crippen LogP) is 1.13. The molecule has 0 spiro atoms. The molecule has 0 aliphatic rings. The highest BCUT2D eigenvalue weighted by Gasteiger charge is 2.33. The van der Waals surface area contributed by atoms with Crippen LogP contribution in [0.4, 0.5) is 0 Å². The Morgan fingerprint density at radius 3 is 2.18 bits per heavy atom. The first-order valence-electron chi connectivity index (χ1n) is 6.08. The monoisotopic (exact) mass is 244 g/mol. The summed E-state index contributed by atoms with van der Waals surface area (Å²) in [7, 11) is 0. The van der Waals surface area contributed by atoms with Gasteiger partial charge in [0.25, 0.3) is 0 Å². The molecule has 17 heavy (non-hydrogen) atoms. The molecule has 5 nitrogen and oxygen atoms in total. The number of aliphatic carboxylic acids is 1. The van der Waals surface area contributed by atoms with E-state index in [1.807, 2.05) is 13.8 Å². The number of hydrogen-bond acceptors (Lipinski definition) is 3. The highest BCUT2D eigenvalue weighted by molar-refractivity contribution is 5.84. The first-order valence-corrected chi connectivity index (χ1v) is 6.08. The fraction of sp³-hybridized carbons (Fsp3) is 0.833. The summed E-state index contributed by atoms with van der Waals surface area (Å²) < 4.78 is 0. The summed E-state index contributed by atoms with van der Waals surface area (Å²) in [5.74, 6) is -1.11. The Kier molecular flexibility index (Phi) is 6.16. The van der Waals surface area contributed by atoms with Crippen LogP contribution in [0.25, 0.3) is 0 Å². The van der Waals surface area contributed by atoms with Crippen LogP contribution in [-0.4, -0.2) is 34.6 Å². The van der Waals surface area contributed by atoms with Crippen molar-refractivity contribution in [3.8, 4) is 0 Å². The van der Waals surface area contributed by atoms with Crippen LogP contribution in [0.15, 0.2) is 0 Å². The smallest absolute Gasteiger partial charge is 0.323 e. The topological polar surface area (TPSA) is 78.4 Å². The number of carboxylic acids is 1. The number of carbonyl (C=O) groups excluding carboxylic acids is 1. The molecule has 3 N–H and O–H groups in total. The van der Waals surface area contributed by atoms with Crippen molar-refractivity contribution in [1.29, 1.82) is 0 Å². The molecule has 0 rings (SSSR count). The zero-order valence-corrected chi connectivity index (χ0v) is 11.3. The van der Waals surface area contributed by atoms with Crippen molar-refractivity contribution in [3.63, 3.8) is 0 Å². The maximum Gasteiger partial charge on any atom is 0.323 e. The van der Waals surface area contributed by atoms with Crippen LogP contribution in [0.1, 0.15) is 47.5 Å². The Morgan fingerprint density at radius 2 is 1.82 bits per heavy atom. The standard InChI is InChI=1S/C12H24N2O3/c1-6-8(3)13-10(15)9(4)14-12(5,7-2)11(16)17/h8-9,14H,6-7H2,1-5H3,(H,13,15)(H,16,17). The summed E-state index contributed by atoms with van der Waals surface area (Å²) in [6.07, 6.45) is 1.27. The second kappa shape index (κ2) is 6.59. The highest BCUT2D eigenvalue weighted by Crippen LogP contribution is 2.10. The lowest BCUT2D eigenvalue weighted by Gasteiger charge is -2.28. The molecule has 0 radical (unpaired) electrons. The van der Waals surface area contributed by atoms with Gasteiger partial charge in [0, 0.05) is 6.04 Å². The van der Waals surface area contributed by atoms with Crippen LogP contribution in [0.2, 0.25) is 0 Å². The first kappa shape index (κ1) is 15.9. The van der Waals surface area contributed by atoms with Crippen LogP contribution in [0.5, 0.6) is 0 Å². The van der Waals surface area contributed by atoms with E-state index in [4.69, 9.17) is 5.11 Å². The molecule has 0 aromatic heterocycles. The van der Waals surface area contributed by atoms with E-state index in [-0.39, 0.29) is 11.9 Å². The van der Waals surface area contributed by atoms with Crippen molar-refractivity contribution in [3.05, 3.63) is 0 Å². The average Bonchev–Trinajstić information content (AvgIpc) is 2.27. The fourth-order valence-electron chi connectivity index (χ4n) is 1.33. The Balaban J connectivity index is 4.47. The van der Waals surface area contributed by atoms with Crippen molar-refractivity contribution >= 4 is 11.9 Å². The number of amides is 1. The summed E-state index contributed by atoms with van der Waals surface area (Å²) in [5, 5.41) is 14.8. The molecular formula is C12H24N2O3. The summed E-state index contributed by atoms with van der Waals surface area (Å²) in [6.45, 7) is 8.94. The van der Waals surface area contributed by atoms with Crippen molar-refractivity contribution in [2.75, 3.05) is 0 Å². The zero-order valence-electron chi connectivity index (χ0n) is 11.3. The zero-order chi connectivity index (χ0) is 13.6. The van der Waals surface area contributed by atoms with Gasteiger partial charge < -0.3 is 10.4 Å². The third-order valence-corrected chi connectivity index (χ3v) is 3.11. The van der Waals surface area contributed by atoms with E-state index in [1.54, 1.807) is 20.8 Å². The quantitative estimate of drug-likeness (QED) is 0.627. The summed E-state index contributed by atoms with van der Waals surface area (Å²) in [5.41, 5.74) is -1.06. The average molecular weight is 244 g/mol. The Morgan fingerprint density at radius 1 is 1.29 bits per heavy atom. The number of rotatable bonds is 7. The molecular weight excluding hydrogens is 220 g/mol. The van der Waals surface area contributed by atoms with Crippen LogP contribution >= 0.6 is 0 Å². The van der Waals surface area contributed by atoms with E-state index in [9.17, 15) is 9.59 Å². The molecule has 0 aliphatic heterocycles. The maximum absolute atomic E-state index is 11.8. The van der Waals surface area contributed by atoms with Crippen molar-refractivity contribution in [2.45, 2.75) is 65.1 Å². The Labute approximate surface area is 103 Å². The van der Waals surface area contributed by atoms with E-state index in [0.717, 1.165) is 6.42 Å². The van der Waals surface area contributed by atoms with E-state index >= 15 is 0 Å². The molecule has 0 aromatic rings. The molecule has 100 valence electrons. The molecule has 5 heteroatoms. The number of carboxylic acid groups (broad SMARTS) is 1. The highest BCUT2D eigenvalue weighted by atomic mass is 16.4. The second-order valence-electron chi connectivity index (χ2n) is 4.67. The lowest BCUT2D eigenvalue weighted by atomic mass is 9.98. The van der Waals surface area contributed by atoms with E-state index < -0.39 is 17.6 Å². The molecule has 0 heterocycles. The molecule has 0 saturated heterocycles. The molecule has 0 saturated carbocycles. The van der Waals surface area contributed by atoms with Crippen LogP contribution < -0.4 is 10.6 Å². The Hall–Kier alpha value is -1.10. The SMILES string of the molecule is CCC(C)NC(=O)C(C)NC(C)(CC)C(=O)O. The predicted molar refractivity (Wildman–Crippen MR) is 66.8 cm³/mol. The van der Waals surface area contributed by atoms with Gasteiger partial charge in [0.15, 0.2) is 0 Å². The van der Waals surface area contributed by atoms with Gasteiger partial charge in [-0.3, -0.25) is 14.9 Å². The van der Waals surface area contributed by atoms with Crippen molar-refractivity contribution < 1.29 is 14.7 Å². The van der Waals surface area contributed by atoms with Gasteiger partial charge in [-0.15, -0.1) is 0 Å². The molecule has 0 fully saturated rings. The molecule has 1 amide bonds. The maximum atomic E-state index is 11.8. The summed E-state index contributed by atoms with van der Waals surface area (Å²) in [4.78, 5) is 22.9. The normalized spacial score (nSPS) is 17.9. The summed E-state index contributed by atoms with van der Waals surface area (Å²) >= 11 is 0. The second-order valence-corrected chi connectivity index (χ2v) is 4.67. The summed E-state index contributed by atoms with van der Waals surface area (Å²) in [6, 6.07) is -0.422. The molecule has 0 aromatic carbocycles. The third-order valence-electron chi connectivity index (χ3n) is 3.11. The minimum absolute atomic E-state index is 0.101. The first-order chi connectivity index (χ1) is 7.76. The van der Waals surface area contributed by atoms with Gasteiger partial charge in [-0.2, -0.15) is 0 Å². The minimum atomic E-state index is -1.06. The van der Waals surface area contributed by atoms with Gasteiger partial charge >= 0.3 is 5.97 Å². The van der Waals surface area contributed by atoms with Gasteiger partial charge in [-0.05, 0) is 33.6 Å². The Bertz CT molecular complexity index is 281. The fourth-order valence-corrected chi connectivity index (χ4v) is 1.33. The lowest BCUT2D eigenvalue weighted by molar-refractivity contribution is -0.145. The molecule has 3 unspecified atom stereocenters. The lowest BCUT2D eigenvalue weighted by Crippen LogP contribution is -2.57. The van der Waals surface area contributed by atoms with Gasteiger partial charge in [-0.25, -0.2) is 0 Å². The molecule has 3 atom stereocenters. The van der Waals surface area contributed by atoms with Gasteiger partial charge in [0.05, 0.1) is 6.04 Å². The van der Waals surface area contributed by atoms with Gasteiger partial charge in [0.2, 0.25) is 5.91 Å². The molecule has 0 aliphatic carbocycles. The van der Waals surface area contributed by atoms with Crippen molar-refractivity contribution in [2.24, 2.45) is 0 Å². The van der Waals surface area contributed by atoms with E-state index in [1.165, 1.54) is 0 Å². The largest absolute Gasteiger partial charge is 0.480 e. The van der Waals surface area contributed by atoms with Crippen molar-refractivity contribution in [1.82, 2.24) is 10.6 Å². The minimum Gasteiger partial charge on any atom is -0.480 e. The molecule has 0 bridgehead atoms. The van der Waals surface area contributed by atoms with E-state index in [2.05, 4.69) is 10.6 Å². The van der Waals surface area contributed by atoms with Crippen LogP contribution in [0, 0.1) is 0 Å². The van der Waals surface area contributed by atoms with Crippen LogP contribution in [-0.2, 0) is 9.59 Å².